The number of carbonyl (C=O) groups is 1. The van der Waals surface area contributed by atoms with Gasteiger partial charge in [0, 0.05) is 10.6 Å². The van der Waals surface area contributed by atoms with Crippen molar-refractivity contribution in [3.63, 3.8) is 0 Å². The van der Waals surface area contributed by atoms with Crippen LogP contribution in [0.3, 0.4) is 0 Å². The quantitative estimate of drug-likeness (QED) is 0.778. The van der Waals surface area contributed by atoms with Crippen molar-refractivity contribution in [1.82, 2.24) is 4.90 Å². The number of nitrogens with one attached hydrogen (secondary N) is 1. The zero-order chi connectivity index (χ0) is 17.6. The lowest BCUT2D eigenvalue weighted by Gasteiger charge is -2.37. The highest BCUT2D eigenvalue weighted by molar-refractivity contribution is 7.99. The average molecular weight is 372 g/mol. The Morgan fingerprint density at radius 3 is 2.64 bits per heavy atom. The summed E-state index contributed by atoms with van der Waals surface area (Å²) in [4.78, 5) is 14.9. The fourth-order valence-corrected chi connectivity index (χ4v) is 3.72. The molecule has 2 fully saturated rings. The van der Waals surface area contributed by atoms with E-state index < -0.39 is 5.76 Å². The van der Waals surface area contributed by atoms with Crippen LogP contribution in [0.1, 0.15) is 19.3 Å². The number of carbonyl (C=O) groups excluding carboxylic acids is 1. The third-order valence-electron chi connectivity index (χ3n) is 4.34. The Balaban J connectivity index is 1.53. The minimum atomic E-state index is -2.45. The lowest BCUT2D eigenvalue weighted by atomic mass is 10.0. The van der Waals surface area contributed by atoms with Gasteiger partial charge in [0.1, 0.15) is 0 Å². The molecule has 1 unspecified atom stereocenters. The van der Waals surface area contributed by atoms with Gasteiger partial charge < -0.3 is 14.8 Å². The molecule has 2 aliphatic heterocycles. The zero-order valence-electron chi connectivity index (χ0n) is 13.8. The van der Waals surface area contributed by atoms with Crippen LogP contribution in [0, 0.1) is 0 Å². The Kier molecular flexibility index (Phi) is 6.63. The van der Waals surface area contributed by atoms with Crippen molar-refractivity contribution < 1.29 is 23.0 Å². The van der Waals surface area contributed by atoms with E-state index in [-0.39, 0.29) is 24.8 Å². The monoisotopic (exact) mass is 372 g/mol. The first-order valence-electron chi connectivity index (χ1n) is 8.44. The van der Waals surface area contributed by atoms with Crippen LogP contribution < -0.4 is 5.32 Å². The number of amides is 1. The fraction of sp³-hybridized carbons (Fsp3) is 0.588. The number of hydrogen-bond acceptors (Lipinski definition) is 5. The maximum atomic E-state index is 12.3. The molecule has 1 N–H and O–H groups in total. The summed E-state index contributed by atoms with van der Waals surface area (Å²) in [6.45, 7) is 2.31. The first kappa shape index (κ1) is 18.6. The Labute approximate surface area is 150 Å². The molecular weight excluding hydrogens is 350 g/mol. The van der Waals surface area contributed by atoms with Crippen molar-refractivity contribution in [2.24, 2.45) is 0 Å². The maximum absolute atomic E-state index is 12.3. The summed E-state index contributed by atoms with van der Waals surface area (Å²) in [6.07, 6.45) is 2.86. The van der Waals surface area contributed by atoms with Gasteiger partial charge in [-0.3, -0.25) is 9.69 Å². The van der Waals surface area contributed by atoms with Gasteiger partial charge in [0.2, 0.25) is 5.91 Å². The maximum Gasteiger partial charge on any atom is 0.288 e. The molecule has 0 aliphatic carbocycles. The second-order valence-electron chi connectivity index (χ2n) is 6.09. The number of likely N-dealkylation sites (tertiary alicyclic amines) is 1. The number of benzene rings is 1. The van der Waals surface area contributed by atoms with E-state index in [0.717, 1.165) is 25.8 Å². The highest BCUT2D eigenvalue weighted by Crippen LogP contribution is 2.27. The van der Waals surface area contributed by atoms with E-state index in [2.05, 4.69) is 10.2 Å². The van der Waals surface area contributed by atoms with Crippen molar-refractivity contribution in [3.8, 4) is 0 Å². The van der Waals surface area contributed by atoms with Crippen LogP contribution in [0.15, 0.2) is 29.2 Å². The Bertz CT molecular complexity index is 568. The number of hydrogen-bond donors (Lipinski definition) is 1. The van der Waals surface area contributed by atoms with Crippen LogP contribution >= 0.6 is 11.8 Å². The highest BCUT2D eigenvalue weighted by Gasteiger charge is 2.34. The third kappa shape index (κ3) is 5.37. The lowest BCUT2D eigenvalue weighted by molar-refractivity contribution is -0.127. The number of rotatable bonds is 6. The van der Waals surface area contributed by atoms with Crippen molar-refractivity contribution in [2.75, 3.05) is 31.6 Å². The predicted octanol–water partition coefficient (Wildman–Crippen LogP) is 3.17. The summed E-state index contributed by atoms with van der Waals surface area (Å²) < 4.78 is 35.9. The van der Waals surface area contributed by atoms with Crippen LogP contribution in [0.2, 0.25) is 0 Å². The molecule has 0 saturated carbocycles. The molecule has 2 saturated heterocycles. The van der Waals surface area contributed by atoms with E-state index in [9.17, 15) is 13.6 Å². The first-order chi connectivity index (χ1) is 12.1. The summed E-state index contributed by atoms with van der Waals surface area (Å²) >= 11 is 0.487. The molecule has 0 bridgehead atoms. The summed E-state index contributed by atoms with van der Waals surface area (Å²) in [5, 5.41) is 2.82. The molecule has 2 heterocycles. The third-order valence-corrected chi connectivity index (χ3v) is 5.06. The number of piperidine rings is 1. The summed E-state index contributed by atoms with van der Waals surface area (Å²) in [5.74, 6) is -2.57. The molecule has 1 atom stereocenters. The predicted molar refractivity (Wildman–Crippen MR) is 91.8 cm³/mol. The fourth-order valence-electron chi connectivity index (χ4n) is 3.22. The van der Waals surface area contributed by atoms with Crippen LogP contribution in [0.25, 0.3) is 0 Å². The number of halogens is 2. The van der Waals surface area contributed by atoms with Crippen LogP contribution in [0.5, 0.6) is 0 Å². The van der Waals surface area contributed by atoms with Crippen LogP contribution in [-0.4, -0.2) is 55.2 Å². The molecule has 0 aromatic heterocycles. The molecule has 8 heteroatoms. The largest absolute Gasteiger partial charge is 0.349 e. The molecule has 3 rings (SSSR count). The van der Waals surface area contributed by atoms with Gasteiger partial charge in [-0.15, -0.1) is 0 Å². The van der Waals surface area contributed by atoms with Crippen molar-refractivity contribution in [3.05, 3.63) is 24.3 Å². The number of alkyl halides is 2. The summed E-state index contributed by atoms with van der Waals surface area (Å²) in [5.41, 5.74) is 0.602. The van der Waals surface area contributed by atoms with Gasteiger partial charge in [-0.25, -0.2) is 0 Å². The van der Waals surface area contributed by atoms with Crippen molar-refractivity contribution >= 4 is 23.4 Å². The SMILES string of the molecule is O=C(CN1CCCCC1C1OCCO1)Nc1ccc(SC(F)F)cc1. The Morgan fingerprint density at radius 2 is 1.96 bits per heavy atom. The summed E-state index contributed by atoms with van der Waals surface area (Å²) in [6, 6.07) is 6.54. The van der Waals surface area contributed by atoms with Gasteiger partial charge in [0.25, 0.3) is 5.76 Å². The molecule has 1 aromatic rings. The highest BCUT2D eigenvalue weighted by atomic mass is 32.2. The Hall–Kier alpha value is -1.22. The van der Waals surface area contributed by atoms with Crippen LogP contribution in [0.4, 0.5) is 14.5 Å². The molecule has 5 nitrogen and oxygen atoms in total. The van der Waals surface area contributed by atoms with Crippen LogP contribution in [-0.2, 0) is 14.3 Å². The second kappa shape index (κ2) is 8.93. The standard InChI is InChI=1S/C17H22F2N2O3S/c18-17(19)25-13-6-4-12(5-7-13)20-15(22)11-21-8-2-1-3-14(21)16-23-9-10-24-16/h4-7,14,16-17H,1-3,8-11H2,(H,20,22). The van der Waals surface area contributed by atoms with Gasteiger partial charge in [-0.1, -0.05) is 18.2 Å². The molecule has 1 amide bonds. The molecule has 138 valence electrons. The minimum absolute atomic E-state index is 0.104. The van der Waals surface area contributed by atoms with E-state index in [1.165, 1.54) is 0 Å². The number of ether oxygens (including phenoxy) is 2. The summed E-state index contributed by atoms with van der Waals surface area (Å²) in [7, 11) is 0. The zero-order valence-corrected chi connectivity index (χ0v) is 14.6. The number of thioether (sulfide) groups is 1. The van der Waals surface area contributed by atoms with Gasteiger partial charge in [-0.05, 0) is 43.7 Å². The molecule has 0 radical (unpaired) electrons. The smallest absolute Gasteiger partial charge is 0.288 e. The van der Waals surface area contributed by atoms with Crippen molar-refractivity contribution in [1.29, 1.82) is 0 Å². The lowest BCUT2D eigenvalue weighted by Crippen LogP contribution is -2.50. The molecule has 0 spiro atoms. The normalized spacial score (nSPS) is 22.4. The topological polar surface area (TPSA) is 50.8 Å². The van der Waals surface area contributed by atoms with Crippen molar-refractivity contribution in [2.45, 2.75) is 42.2 Å². The minimum Gasteiger partial charge on any atom is -0.349 e. The van der Waals surface area contributed by atoms with Gasteiger partial charge >= 0.3 is 0 Å². The average Bonchev–Trinajstić information content (AvgIpc) is 3.11. The van der Waals surface area contributed by atoms with E-state index in [0.29, 0.717) is 35.6 Å². The first-order valence-corrected chi connectivity index (χ1v) is 9.32. The van der Waals surface area contributed by atoms with E-state index in [4.69, 9.17) is 9.47 Å². The molecule has 1 aromatic carbocycles. The molecule has 2 aliphatic rings. The molecule has 25 heavy (non-hydrogen) atoms. The number of nitrogens with zero attached hydrogens (tertiary/aromatic N) is 1. The van der Waals surface area contributed by atoms with Gasteiger partial charge in [-0.2, -0.15) is 8.78 Å². The van der Waals surface area contributed by atoms with Gasteiger partial charge in [0.05, 0.1) is 25.8 Å². The Morgan fingerprint density at radius 1 is 1.24 bits per heavy atom. The van der Waals surface area contributed by atoms with E-state index >= 15 is 0 Å². The second-order valence-corrected chi connectivity index (χ2v) is 7.16. The number of anilines is 1. The van der Waals surface area contributed by atoms with E-state index in [1.54, 1.807) is 24.3 Å². The van der Waals surface area contributed by atoms with Gasteiger partial charge in [0.15, 0.2) is 6.29 Å². The molecular formula is C17H22F2N2O3S. The van der Waals surface area contributed by atoms with E-state index in [1.807, 2.05) is 0 Å².